The van der Waals surface area contributed by atoms with Crippen LogP contribution < -0.4 is 5.73 Å². The first kappa shape index (κ1) is 15.8. The maximum absolute atomic E-state index is 12.6. The highest BCUT2D eigenvalue weighted by Crippen LogP contribution is 2.30. The molecule has 2 rings (SSSR count). The van der Waals surface area contributed by atoms with Gasteiger partial charge in [0, 0.05) is 19.0 Å². The van der Waals surface area contributed by atoms with Crippen molar-refractivity contribution in [1.29, 1.82) is 5.26 Å². The highest BCUT2D eigenvalue weighted by molar-refractivity contribution is 5.79. The van der Waals surface area contributed by atoms with Crippen molar-refractivity contribution in [2.45, 2.75) is 32.6 Å². The van der Waals surface area contributed by atoms with Crippen LogP contribution in [0.4, 0.5) is 0 Å². The largest absolute Gasteiger partial charge is 0.369 e. The highest BCUT2D eigenvalue weighted by Gasteiger charge is 2.36. The Morgan fingerprint density at radius 2 is 2.00 bits per heavy atom. The van der Waals surface area contributed by atoms with Gasteiger partial charge in [0.2, 0.25) is 11.8 Å². The zero-order valence-corrected chi connectivity index (χ0v) is 12.7. The molecule has 2 amide bonds. The quantitative estimate of drug-likeness (QED) is 0.812. The van der Waals surface area contributed by atoms with E-state index in [0.717, 1.165) is 45.3 Å². The maximum Gasteiger partial charge on any atom is 0.231 e. The lowest BCUT2D eigenvalue weighted by atomic mass is 9.82. The van der Waals surface area contributed by atoms with Gasteiger partial charge in [-0.3, -0.25) is 14.5 Å². The molecule has 6 heteroatoms. The van der Waals surface area contributed by atoms with Crippen molar-refractivity contribution in [3.8, 4) is 6.07 Å². The molecule has 0 aromatic rings. The molecule has 21 heavy (non-hydrogen) atoms. The molecule has 0 aromatic heterocycles. The molecule has 2 aliphatic rings. The van der Waals surface area contributed by atoms with E-state index >= 15 is 0 Å². The lowest BCUT2D eigenvalue weighted by molar-refractivity contribution is -0.139. The summed E-state index contributed by atoms with van der Waals surface area (Å²) in [5, 5.41) is 9.24. The van der Waals surface area contributed by atoms with E-state index in [0.29, 0.717) is 6.54 Å². The lowest BCUT2D eigenvalue weighted by Gasteiger charge is -2.39. The second-order valence-electron chi connectivity index (χ2n) is 6.55. The van der Waals surface area contributed by atoms with Gasteiger partial charge in [0.15, 0.2) is 0 Å². The van der Waals surface area contributed by atoms with Crippen molar-refractivity contribution in [2.75, 3.05) is 32.7 Å². The van der Waals surface area contributed by atoms with Crippen molar-refractivity contribution in [1.82, 2.24) is 9.80 Å². The van der Waals surface area contributed by atoms with Gasteiger partial charge in [-0.2, -0.15) is 5.26 Å². The molecule has 0 aliphatic carbocycles. The molecule has 0 saturated carbocycles. The first-order valence-corrected chi connectivity index (χ1v) is 7.64. The Balaban J connectivity index is 1.87. The van der Waals surface area contributed by atoms with Crippen molar-refractivity contribution < 1.29 is 9.59 Å². The van der Waals surface area contributed by atoms with Gasteiger partial charge in [-0.05, 0) is 45.7 Å². The van der Waals surface area contributed by atoms with Crippen LogP contribution in [0.25, 0.3) is 0 Å². The van der Waals surface area contributed by atoms with Crippen LogP contribution in [0.5, 0.6) is 0 Å². The smallest absolute Gasteiger partial charge is 0.231 e. The predicted molar refractivity (Wildman–Crippen MR) is 77.9 cm³/mol. The Labute approximate surface area is 125 Å². The molecular weight excluding hydrogens is 268 g/mol. The number of carbonyl (C=O) groups is 2. The number of nitrogens with two attached hydrogens (primary N) is 1. The topological polar surface area (TPSA) is 90.4 Å². The van der Waals surface area contributed by atoms with E-state index in [2.05, 4.69) is 6.07 Å². The van der Waals surface area contributed by atoms with Crippen molar-refractivity contribution in [3.63, 3.8) is 0 Å². The molecule has 1 atom stereocenters. The van der Waals surface area contributed by atoms with Gasteiger partial charge in [0.25, 0.3) is 0 Å². The minimum Gasteiger partial charge on any atom is -0.369 e. The third kappa shape index (κ3) is 3.94. The number of hydrogen-bond donors (Lipinski definition) is 1. The van der Waals surface area contributed by atoms with Crippen molar-refractivity contribution in [3.05, 3.63) is 0 Å². The number of rotatable bonds is 3. The summed E-state index contributed by atoms with van der Waals surface area (Å²) in [5.41, 5.74) is 4.79. The molecule has 2 fully saturated rings. The fourth-order valence-corrected chi connectivity index (χ4v) is 3.34. The van der Waals surface area contributed by atoms with E-state index in [9.17, 15) is 14.9 Å². The van der Waals surface area contributed by atoms with Gasteiger partial charge < -0.3 is 10.6 Å². The van der Waals surface area contributed by atoms with Crippen LogP contribution in [0.15, 0.2) is 0 Å². The number of nitrogens with zero attached hydrogens (tertiary/aromatic N) is 3. The second-order valence-corrected chi connectivity index (χ2v) is 6.55. The fraction of sp³-hybridized carbons (Fsp3) is 0.800. The van der Waals surface area contributed by atoms with Gasteiger partial charge in [-0.15, -0.1) is 0 Å². The zero-order valence-electron chi connectivity index (χ0n) is 12.7. The molecule has 0 bridgehead atoms. The molecule has 116 valence electrons. The number of nitriles is 1. The van der Waals surface area contributed by atoms with Gasteiger partial charge in [0.1, 0.15) is 0 Å². The molecule has 0 spiro atoms. The summed E-state index contributed by atoms with van der Waals surface area (Å²) in [7, 11) is 0. The van der Waals surface area contributed by atoms with E-state index in [-0.39, 0.29) is 24.3 Å². The van der Waals surface area contributed by atoms with E-state index < -0.39 is 5.41 Å². The number of primary amides is 1. The Morgan fingerprint density at radius 3 is 2.57 bits per heavy atom. The molecular formula is C15H24N4O2. The normalized spacial score (nSPS) is 28.1. The number of likely N-dealkylation sites (tertiary alicyclic amines) is 2. The standard InChI is InChI=1S/C15H24N4O2/c1-15(10-16)5-2-6-19(11-15)14(21)12-3-7-18(8-4-12)9-13(17)20/h12H,2-9,11H2,1H3,(H2,17,20)/t15-/m1/s1. The van der Waals surface area contributed by atoms with E-state index in [1.807, 2.05) is 16.7 Å². The van der Waals surface area contributed by atoms with Crippen molar-refractivity contribution in [2.24, 2.45) is 17.1 Å². The van der Waals surface area contributed by atoms with Gasteiger partial charge in [-0.25, -0.2) is 0 Å². The van der Waals surface area contributed by atoms with Crippen LogP contribution in [-0.4, -0.2) is 54.3 Å². The van der Waals surface area contributed by atoms with E-state index in [1.165, 1.54) is 0 Å². The van der Waals surface area contributed by atoms with Gasteiger partial charge >= 0.3 is 0 Å². The average Bonchev–Trinajstić information content (AvgIpc) is 2.47. The predicted octanol–water partition coefficient (Wildman–Crippen LogP) is 0.336. The van der Waals surface area contributed by atoms with Gasteiger partial charge in [0.05, 0.1) is 18.0 Å². The van der Waals surface area contributed by atoms with E-state index in [4.69, 9.17) is 5.73 Å². The Bertz CT molecular complexity index is 451. The first-order chi connectivity index (χ1) is 9.93. The molecule has 6 nitrogen and oxygen atoms in total. The monoisotopic (exact) mass is 292 g/mol. The molecule has 2 heterocycles. The molecule has 0 radical (unpaired) electrons. The molecule has 0 aromatic carbocycles. The molecule has 0 unspecified atom stereocenters. The third-order valence-corrected chi connectivity index (χ3v) is 4.59. The van der Waals surface area contributed by atoms with Crippen molar-refractivity contribution >= 4 is 11.8 Å². The number of amides is 2. The molecule has 2 aliphatic heterocycles. The minimum atomic E-state index is -0.402. The van der Waals surface area contributed by atoms with Crippen LogP contribution in [-0.2, 0) is 9.59 Å². The summed E-state index contributed by atoms with van der Waals surface area (Å²) in [5.74, 6) is -0.120. The summed E-state index contributed by atoms with van der Waals surface area (Å²) in [6.45, 7) is 4.99. The SMILES string of the molecule is C[C@]1(C#N)CCCN(C(=O)C2CCN(CC(N)=O)CC2)C1. The fourth-order valence-electron chi connectivity index (χ4n) is 3.34. The molecule has 2 saturated heterocycles. The minimum absolute atomic E-state index is 0.0233. The Hall–Kier alpha value is -1.61. The van der Waals surface area contributed by atoms with Crippen LogP contribution >= 0.6 is 0 Å². The van der Waals surface area contributed by atoms with Crippen LogP contribution in [0.2, 0.25) is 0 Å². The van der Waals surface area contributed by atoms with E-state index in [1.54, 1.807) is 0 Å². The average molecular weight is 292 g/mol. The third-order valence-electron chi connectivity index (χ3n) is 4.59. The second kappa shape index (κ2) is 6.44. The summed E-state index contributed by atoms with van der Waals surface area (Å²) < 4.78 is 0. The van der Waals surface area contributed by atoms with Crippen LogP contribution in [0.3, 0.4) is 0 Å². The van der Waals surface area contributed by atoms with Gasteiger partial charge in [-0.1, -0.05) is 0 Å². The highest BCUT2D eigenvalue weighted by atomic mass is 16.2. The Morgan fingerprint density at radius 1 is 1.33 bits per heavy atom. The van der Waals surface area contributed by atoms with Crippen LogP contribution in [0.1, 0.15) is 32.6 Å². The number of piperidine rings is 2. The number of carbonyl (C=O) groups excluding carboxylic acids is 2. The summed E-state index contributed by atoms with van der Waals surface area (Å²) >= 11 is 0. The Kier molecular flexibility index (Phi) is 4.84. The summed E-state index contributed by atoms with van der Waals surface area (Å²) in [6.07, 6.45) is 3.30. The first-order valence-electron chi connectivity index (χ1n) is 7.64. The summed E-state index contributed by atoms with van der Waals surface area (Å²) in [6, 6.07) is 2.34. The number of hydrogen-bond acceptors (Lipinski definition) is 4. The molecule has 2 N–H and O–H groups in total. The maximum atomic E-state index is 12.6. The zero-order chi connectivity index (χ0) is 15.5. The lowest BCUT2D eigenvalue weighted by Crippen LogP contribution is -2.49. The van der Waals surface area contributed by atoms with Crippen LogP contribution in [0, 0.1) is 22.7 Å². The summed E-state index contributed by atoms with van der Waals surface area (Å²) in [4.78, 5) is 27.4.